The van der Waals surface area contributed by atoms with E-state index in [1.807, 2.05) is 43.9 Å². The predicted molar refractivity (Wildman–Crippen MR) is 193 cm³/mol. The molecule has 2 aliphatic heterocycles. The van der Waals surface area contributed by atoms with Gasteiger partial charge in [0.15, 0.2) is 0 Å². The highest BCUT2D eigenvalue weighted by molar-refractivity contribution is 6.02. The molecular weight excluding hydrogens is 620 g/mol. The van der Waals surface area contributed by atoms with Gasteiger partial charge in [-0.2, -0.15) is 0 Å². The quantitative estimate of drug-likeness (QED) is 0.177. The Bertz CT molecular complexity index is 1550. The average Bonchev–Trinajstić information content (AvgIpc) is 3.32. The van der Waals surface area contributed by atoms with Gasteiger partial charge >= 0.3 is 6.09 Å². The molecule has 10 nitrogen and oxygen atoms in total. The molecule has 264 valence electrons. The van der Waals surface area contributed by atoms with Crippen molar-refractivity contribution in [2.24, 2.45) is 0 Å². The number of anilines is 2. The van der Waals surface area contributed by atoms with Gasteiger partial charge in [-0.1, -0.05) is 30.3 Å². The second-order valence-corrected chi connectivity index (χ2v) is 13.2. The fraction of sp³-hybridized carbons (Fsp3) is 0.487. The van der Waals surface area contributed by atoms with Gasteiger partial charge in [0.25, 0.3) is 5.91 Å². The summed E-state index contributed by atoms with van der Waals surface area (Å²) in [7, 11) is 0. The van der Waals surface area contributed by atoms with Crippen LogP contribution >= 0.6 is 0 Å². The van der Waals surface area contributed by atoms with Gasteiger partial charge in [-0.25, -0.2) is 4.79 Å². The van der Waals surface area contributed by atoms with E-state index in [1.54, 1.807) is 0 Å². The number of nitrogens with zero attached hydrogens (tertiary/aromatic N) is 3. The van der Waals surface area contributed by atoms with Crippen molar-refractivity contribution in [1.82, 2.24) is 10.2 Å². The van der Waals surface area contributed by atoms with Crippen LogP contribution in [0.5, 0.6) is 11.5 Å². The number of fused-ring (bicyclic) bond motifs is 6. The summed E-state index contributed by atoms with van der Waals surface area (Å²) in [6, 6.07) is 20.7. The van der Waals surface area contributed by atoms with Crippen molar-refractivity contribution in [2.45, 2.75) is 59.6 Å². The van der Waals surface area contributed by atoms with Gasteiger partial charge in [0.05, 0.1) is 26.4 Å². The summed E-state index contributed by atoms with van der Waals surface area (Å²) >= 11 is 0. The normalized spacial score (nSPS) is 14.2. The molecule has 0 radical (unpaired) electrons. The lowest BCUT2D eigenvalue weighted by atomic mass is 9.74. The van der Waals surface area contributed by atoms with E-state index in [0.29, 0.717) is 45.1 Å². The average molecular weight is 673 g/mol. The largest absolute Gasteiger partial charge is 0.456 e. The fourth-order valence-electron chi connectivity index (χ4n) is 6.92. The van der Waals surface area contributed by atoms with Gasteiger partial charge in [-0.15, -0.1) is 0 Å². The van der Waals surface area contributed by atoms with Crippen LogP contribution in [0.25, 0.3) is 0 Å². The number of nitrogens with one attached hydrogen (secondary N) is 1. The first kappa shape index (κ1) is 36.0. The van der Waals surface area contributed by atoms with Crippen molar-refractivity contribution in [3.8, 4) is 11.5 Å². The maximum absolute atomic E-state index is 14.3. The highest BCUT2D eigenvalue weighted by atomic mass is 16.6. The van der Waals surface area contributed by atoms with E-state index in [-0.39, 0.29) is 5.91 Å². The maximum Gasteiger partial charge on any atom is 0.407 e. The van der Waals surface area contributed by atoms with Gasteiger partial charge in [0.1, 0.15) is 22.6 Å². The molecule has 0 unspecified atom stereocenters. The van der Waals surface area contributed by atoms with Gasteiger partial charge in [0, 0.05) is 79.5 Å². The van der Waals surface area contributed by atoms with Gasteiger partial charge < -0.3 is 39.0 Å². The van der Waals surface area contributed by atoms with E-state index in [2.05, 4.69) is 85.3 Å². The highest BCUT2D eigenvalue weighted by Gasteiger charge is 2.56. The monoisotopic (exact) mass is 672 g/mol. The zero-order valence-corrected chi connectivity index (χ0v) is 30.1. The molecule has 0 aromatic heterocycles. The molecular formula is C39H52N4O6. The Balaban J connectivity index is 1.41. The molecule has 2 aliphatic rings. The van der Waals surface area contributed by atoms with E-state index < -0.39 is 17.2 Å². The van der Waals surface area contributed by atoms with E-state index in [4.69, 9.17) is 18.9 Å². The molecule has 5 rings (SSSR count). The third-order valence-electron chi connectivity index (χ3n) is 9.13. The second-order valence-electron chi connectivity index (χ2n) is 13.2. The number of hydrogen-bond acceptors (Lipinski definition) is 8. The Labute approximate surface area is 291 Å². The predicted octanol–water partition coefficient (Wildman–Crippen LogP) is 6.79. The van der Waals surface area contributed by atoms with Crippen LogP contribution in [0.4, 0.5) is 16.2 Å². The topological polar surface area (TPSA) is 92.8 Å². The molecule has 0 fully saturated rings. The Morgan fingerprint density at radius 2 is 1.33 bits per heavy atom. The molecule has 49 heavy (non-hydrogen) atoms. The number of carbonyl (C=O) groups excluding carboxylic acids is 2. The molecule has 1 N–H and O–H groups in total. The van der Waals surface area contributed by atoms with E-state index in [0.717, 1.165) is 65.7 Å². The molecule has 1 spiro atoms. The van der Waals surface area contributed by atoms with E-state index in [1.165, 1.54) is 0 Å². The molecule has 3 aromatic carbocycles. The summed E-state index contributed by atoms with van der Waals surface area (Å²) in [5, 5.41) is 2.69. The van der Waals surface area contributed by atoms with Gasteiger partial charge in [0.2, 0.25) is 0 Å². The Hall–Kier alpha value is -4.28. The Morgan fingerprint density at radius 1 is 0.776 bits per heavy atom. The van der Waals surface area contributed by atoms with Crippen LogP contribution in [0, 0.1) is 0 Å². The summed E-state index contributed by atoms with van der Waals surface area (Å²) in [5.41, 5.74) is 4.21. The van der Waals surface area contributed by atoms with Crippen LogP contribution in [0.2, 0.25) is 0 Å². The van der Waals surface area contributed by atoms with Crippen LogP contribution in [0.1, 0.15) is 75.5 Å². The minimum absolute atomic E-state index is 0.0388. The first-order chi connectivity index (χ1) is 23.6. The number of rotatable bonds is 15. The lowest BCUT2D eigenvalue weighted by Crippen LogP contribution is -2.48. The van der Waals surface area contributed by atoms with Gasteiger partial charge in [-0.3, -0.25) is 4.79 Å². The van der Waals surface area contributed by atoms with Crippen LogP contribution in [-0.2, 0) is 19.7 Å². The third kappa shape index (κ3) is 7.35. The van der Waals surface area contributed by atoms with E-state index >= 15 is 0 Å². The number of alkyl carbamates (subject to hydrolysis) is 1. The summed E-state index contributed by atoms with van der Waals surface area (Å²) in [6.45, 7) is 19.6. The standard InChI is InChI=1S/C39H52N4O6/c1-8-41(9-2)28-16-18-32-34(26-28)48-35-27-29(42(10-3)11-4)17-19-33(35)39(32)31-15-13-12-14-30(31)36(44)43(39)21-23-47-25-24-46-22-20-40-37(45)49-38(5,6)7/h12-19,26-27H,8-11,20-25H2,1-7H3,(H,40,45). The molecule has 2 heterocycles. The lowest BCUT2D eigenvalue weighted by molar-refractivity contribution is 0.0265. The van der Waals surface area contributed by atoms with Crippen molar-refractivity contribution in [2.75, 3.05) is 75.5 Å². The number of hydrogen-bond donors (Lipinski definition) is 1. The Morgan fingerprint density at radius 3 is 1.88 bits per heavy atom. The highest BCUT2D eigenvalue weighted by Crippen LogP contribution is 2.58. The van der Waals surface area contributed by atoms with Crippen LogP contribution in [0.3, 0.4) is 0 Å². The van der Waals surface area contributed by atoms with Crippen molar-refractivity contribution in [1.29, 1.82) is 0 Å². The SMILES string of the molecule is CCN(CC)c1ccc2c(c1)Oc1cc(N(CC)CC)ccc1C21c2ccccc2C(=O)N1CCOCCOCCNC(=O)OC(C)(C)C. The molecule has 10 heteroatoms. The molecule has 0 bridgehead atoms. The van der Waals surface area contributed by atoms with Crippen LogP contribution in [0.15, 0.2) is 60.7 Å². The molecule has 2 amide bonds. The minimum Gasteiger partial charge on any atom is -0.456 e. The number of ether oxygens (including phenoxy) is 4. The zero-order chi connectivity index (χ0) is 35.2. The molecule has 0 aliphatic carbocycles. The van der Waals surface area contributed by atoms with Crippen LogP contribution in [-0.4, -0.2) is 88.2 Å². The van der Waals surface area contributed by atoms with E-state index in [9.17, 15) is 9.59 Å². The summed E-state index contributed by atoms with van der Waals surface area (Å²) in [6.07, 6.45) is -0.470. The number of benzene rings is 3. The third-order valence-corrected chi connectivity index (χ3v) is 9.13. The zero-order valence-electron chi connectivity index (χ0n) is 30.1. The first-order valence-electron chi connectivity index (χ1n) is 17.6. The number of carbonyl (C=O) groups is 2. The summed E-state index contributed by atoms with van der Waals surface area (Å²) < 4.78 is 23.7. The molecule has 0 saturated carbocycles. The summed E-state index contributed by atoms with van der Waals surface area (Å²) in [4.78, 5) is 32.7. The van der Waals surface area contributed by atoms with Gasteiger partial charge in [-0.05, 0) is 72.2 Å². The second kappa shape index (κ2) is 15.5. The van der Waals surface area contributed by atoms with Crippen molar-refractivity contribution in [3.05, 3.63) is 82.9 Å². The Kier molecular flexibility index (Phi) is 11.4. The minimum atomic E-state index is -0.895. The summed E-state index contributed by atoms with van der Waals surface area (Å²) in [5.74, 6) is 1.46. The van der Waals surface area contributed by atoms with Crippen molar-refractivity contribution >= 4 is 23.4 Å². The van der Waals surface area contributed by atoms with Crippen LogP contribution < -0.4 is 19.9 Å². The number of amides is 2. The molecule has 3 aromatic rings. The fourth-order valence-corrected chi connectivity index (χ4v) is 6.92. The lowest BCUT2D eigenvalue weighted by Gasteiger charge is -2.44. The maximum atomic E-state index is 14.3. The van der Waals surface area contributed by atoms with Crippen molar-refractivity contribution < 1.29 is 28.5 Å². The molecule has 0 atom stereocenters. The molecule has 0 saturated heterocycles. The smallest absolute Gasteiger partial charge is 0.407 e. The first-order valence-corrected chi connectivity index (χ1v) is 17.6. The van der Waals surface area contributed by atoms with Crippen molar-refractivity contribution in [3.63, 3.8) is 0 Å².